The molecule has 1 aliphatic heterocycles. The Kier molecular flexibility index (Phi) is 8.96. The summed E-state index contributed by atoms with van der Waals surface area (Å²) in [7, 11) is -8.05. The highest BCUT2D eigenvalue weighted by atomic mass is 32.2. The number of pyridine rings is 2. The minimum Gasteiger partial charge on any atom is -0.390 e. The summed E-state index contributed by atoms with van der Waals surface area (Å²) in [5.41, 5.74) is 0.296. The van der Waals surface area contributed by atoms with Gasteiger partial charge in [-0.05, 0) is 49.4 Å². The van der Waals surface area contributed by atoms with Crippen LogP contribution in [0, 0.1) is 5.92 Å². The number of benzene rings is 1. The van der Waals surface area contributed by atoms with Gasteiger partial charge >= 0.3 is 0 Å². The summed E-state index contributed by atoms with van der Waals surface area (Å²) in [6.45, 7) is 3.66. The summed E-state index contributed by atoms with van der Waals surface area (Å²) >= 11 is 0. The number of sulfonamides is 2. The first-order valence-corrected chi connectivity index (χ1v) is 15.7. The fraction of sp³-hybridized carbons (Fsp3) is 0.423. The average Bonchev–Trinajstić information content (AvgIpc) is 3.09. The van der Waals surface area contributed by atoms with E-state index < -0.39 is 44.1 Å². The topological polar surface area (TPSA) is 159 Å². The number of carbonyl (C=O) groups excluding carboxylic acids is 1. The molecule has 39 heavy (non-hydrogen) atoms. The van der Waals surface area contributed by atoms with Crippen molar-refractivity contribution in [3.05, 3.63) is 60.9 Å². The normalized spacial score (nSPS) is 20.0. The lowest BCUT2D eigenvalue weighted by atomic mass is 10.0. The van der Waals surface area contributed by atoms with Crippen LogP contribution in [-0.2, 0) is 24.8 Å². The Morgan fingerprint density at radius 3 is 2.51 bits per heavy atom. The number of amides is 1. The van der Waals surface area contributed by atoms with Crippen molar-refractivity contribution in [3.8, 4) is 0 Å². The minimum absolute atomic E-state index is 0.0212. The molecule has 2 aromatic heterocycles. The predicted molar refractivity (Wildman–Crippen MR) is 145 cm³/mol. The molecule has 0 aliphatic carbocycles. The van der Waals surface area contributed by atoms with E-state index in [0.717, 1.165) is 4.31 Å². The Labute approximate surface area is 228 Å². The van der Waals surface area contributed by atoms with Gasteiger partial charge in [-0.3, -0.25) is 9.78 Å². The van der Waals surface area contributed by atoms with Crippen molar-refractivity contribution in [2.24, 2.45) is 5.92 Å². The Hall–Kier alpha value is -2.97. The van der Waals surface area contributed by atoms with E-state index in [1.54, 1.807) is 36.4 Å². The van der Waals surface area contributed by atoms with Crippen molar-refractivity contribution in [2.45, 2.75) is 61.2 Å². The number of nitrogens with one attached hydrogen (secondary N) is 2. The van der Waals surface area contributed by atoms with Gasteiger partial charge in [0.05, 0.1) is 17.7 Å². The molecule has 1 aliphatic rings. The largest absolute Gasteiger partial charge is 0.390 e. The van der Waals surface area contributed by atoms with Crippen LogP contribution in [0.3, 0.4) is 0 Å². The number of β-amino-alcohol motifs (C(OH)–C–C–N with tert-alkyl or cyclic N) is 1. The molecular formula is C26H33N5O6S2. The molecule has 1 fully saturated rings. The van der Waals surface area contributed by atoms with Crippen LogP contribution in [0.15, 0.2) is 70.8 Å². The molecule has 0 radical (unpaired) electrons. The van der Waals surface area contributed by atoms with Crippen molar-refractivity contribution < 1.29 is 26.7 Å². The molecule has 13 heteroatoms. The maximum atomic E-state index is 13.4. The zero-order valence-corrected chi connectivity index (χ0v) is 23.4. The molecule has 4 rings (SSSR count). The summed E-state index contributed by atoms with van der Waals surface area (Å²) in [5, 5.41) is 14.2. The van der Waals surface area contributed by atoms with E-state index in [1.165, 1.54) is 24.5 Å². The van der Waals surface area contributed by atoms with Crippen LogP contribution in [0.25, 0.3) is 10.9 Å². The van der Waals surface area contributed by atoms with Gasteiger partial charge in [0.1, 0.15) is 10.9 Å². The number of aliphatic hydroxyl groups excluding tert-OH is 1. The van der Waals surface area contributed by atoms with E-state index in [0.29, 0.717) is 23.7 Å². The average molecular weight is 576 g/mol. The van der Waals surface area contributed by atoms with Crippen LogP contribution in [0.2, 0.25) is 0 Å². The lowest BCUT2D eigenvalue weighted by Gasteiger charge is -2.27. The van der Waals surface area contributed by atoms with Crippen molar-refractivity contribution in [1.29, 1.82) is 0 Å². The van der Waals surface area contributed by atoms with E-state index in [-0.39, 0.29) is 35.3 Å². The van der Waals surface area contributed by atoms with Crippen LogP contribution < -0.4 is 10.0 Å². The van der Waals surface area contributed by atoms with E-state index in [9.17, 15) is 26.7 Å². The number of rotatable bonds is 9. The van der Waals surface area contributed by atoms with Crippen LogP contribution in [-0.4, -0.2) is 73.4 Å². The van der Waals surface area contributed by atoms with Gasteiger partial charge in [-0.25, -0.2) is 21.8 Å². The quantitative estimate of drug-likeness (QED) is 0.347. The highest BCUT2D eigenvalue weighted by molar-refractivity contribution is 7.89. The third-order valence-electron chi connectivity index (χ3n) is 6.55. The van der Waals surface area contributed by atoms with Gasteiger partial charge in [-0.2, -0.15) is 9.03 Å². The molecule has 1 saturated heterocycles. The third kappa shape index (κ3) is 6.79. The van der Waals surface area contributed by atoms with Gasteiger partial charge in [0.15, 0.2) is 5.03 Å². The van der Waals surface area contributed by atoms with E-state index in [4.69, 9.17) is 0 Å². The molecular weight excluding hydrogens is 542 g/mol. The molecule has 3 heterocycles. The lowest BCUT2D eigenvalue weighted by molar-refractivity contribution is -0.124. The van der Waals surface area contributed by atoms with Crippen LogP contribution in [0.1, 0.15) is 33.1 Å². The number of carbonyl (C=O) groups is 1. The van der Waals surface area contributed by atoms with Crippen molar-refractivity contribution in [1.82, 2.24) is 24.3 Å². The minimum atomic E-state index is -4.13. The number of aromatic nitrogens is 2. The van der Waals surface area contributed by atoms with Crippen LogP contribution in [0.4, 0.5) is 0 Å². The van der Waals surface area contributed by atoms with Gasteiger partial charge in [-0.15, -0.1) is 0 Å². The van der Waals surface area contributed by atoms with Crippen LogP contribution >= 0.6 is 0 Å². The standard InChI is InChI=1S/C26H33N5O6S2/c1-18(2)16-21(30-38(34,35)23-11-5-8-19-9-6-14-28-25(19)23)26(33)29-20-10-7-15-31(17-22(20)32)39(36,37)24-12-3-4-13-27-24/h3-6,8-9,11-14,18,20-22,30,32H,7,10,15-17H2,1-2H3,(H,29,33)/t20?,21-,22?/m0/s1. The predicted octanol–water partition coefficient (Wildman–Crippen LogP) is 1.65. The second-order valence-electron chi connectivity index (χ2n) is 9.99. The summed E-state index contributed by atoms with van der Waals surface area (Å²) in [6.07, 6.45) is 2.60. The summed E-state index contributed by atoms with van der Waals surface area (Å²) in [4.78, 5) is 21.5. The second kappa shape index (κ2) is 12.0. The Bertz CT molecular complexity index is 1510. The van der Waals surface area contributed by atoms with Crippen LogP contribution in [0.5, 0.6) is 0 Å². The monoisotopic (exact) mass is 575 g/mol. The first-order valence-electron chi connectivity index (χ1n) is 12.7. The second-order valence-corrected chi connectivity index (χ2v) is 13.6. The maximum absolute atomic E-state index is 13.4. The zero-order valence-electron chi connectivity index (χ0n) is 21.8. The lowest BCUT2D eigenvalue weighted by Crippen LogP contribution is -2.53. The molecule has 3 atom stereocenters. The zero-order chi connectivity index (χ0) is 28.2. The Morgan fingerprint density at radius 2 is 1.79 bits per heavy atom. The molecule has 1 aromatic carbocycles. The molecule has 2 unspecified atom stereocenters. The van der Waals surface area contributed by atoms with Crippen molar-refractivity contribution >= 4 is 36.9 Å². The summed E-state index contributed by atoms with van der Waals surface area (Å²) in [5.74, 6) is -0.613. The highest BCUT2D eigenvalue weighted by Gasteiger charge is 2.36. The molecule has 3 aromatic rings. The number of fused-ring (bicyclic) bond motifs is 1. The smallest absolute Gasteiger partial charge is 0.260 e. The Morgan fingerprint density at radius 1 is 1.05 bits per heavy atom. The number of nitrogens with zero attached hydrogens (tertiary/aromatic N) is 3. The number of hydrogen-bond acceptors (Lipinski definition) is 8. The molecule has 210 valence electrons. The van der Waals surface area contributed by atoms with Gasteiger partial charge in [0.25, 0.3) is 10.0 Å². The molecule has 11 nitrogen and oxygen atoms in total. The number of hydrogen-bond donors (Lipinski definition) is 3. The first kappa shape index (κ1) is 29.0. The molecule has 3 N–H and O–H groups in total. The fourth-order valence-electron chi connectivity index (χ4n) is 4.63. The van der Waals surface area contributed by atoms with Gasteiger partial charge < -0.3 is 10.4 Å². The fourth-order valence-corrected chi connectivity index (χ4v) is 7.45. The van der Waals surface area contributed by atoms with E-state index in [2.05, 4.69) is 20.0 Å². The van der Waals surface area contributed by atoms with E-state index in [1.807, 2.05) is 13.8 Å². The summed E-state index contributed by atoms with van der Waals surface area (Å²) in [6, 6.07) is 11.0. The third-order valence-corrected chi connectivity index (χ3v) is 9.84. The van der Waals surface area contributed by atoms with Crippen molar-refractivity contribution in [2.75, 3.05) is 13.1 Å². The molecule has 0 saturated carbocycles. The van der Waals surface area contributed by atoms with Gasteiger partial charge in [-0.1, -0.05) is 38.1 Å². The Balaban J connectivity index is 1.50. The van der Waals surface area contributed by atoms with Gasteiger partial charge in [0, 0.05) is 30.9 Å². The number of para-hydroxylation sites is 1. The SMILES string of the molecule is CC(C)C[C@H](NS(=O)(=O)c1cccc2cccnc12)C(=O)NC1CCCN(S(=O)(=O)c2ccccn2)CC1O. The molecule has 0 spiro atoms. The van der Waals surface area contributed by atoms with Crippen molar-refractivity contribution in [3.63, 3.8) is 0 Å². The van der Waals surface area contributed by atoms with E-state index >= 15 is 0 Å². The number of aliphatic hydroxyl groups is 1. The summed E-state index contributed by atoms with van der Waals surface area (Å²) < 4.78 is 56.5. The molecule has 0 bridgehead atoms. The molecule has 1 amide bonds. The first-order chi connectivity index (χ1) is 18.5. The van der Waals surface area contributed by atoms with Gasteiger partial charge in [0.2, 0.25) is 15.9 Å². The highest BCUT2D eigenvalue weighted by Crippen LogP contribution is 2.23. The maximum Gasteiger partial charge on any atom is 0.260 e.